The van der Waals surface area contributed by atoms with Gasteiger partial charge in [-0.2, -0.15) is 0 Å². The zero-order valence-corrected chi connectivity index (χ0v) is 12.7. The molecule has 1 fully saturated rings. The van der Waals surface area contributed by atoms with E-state index in [1.807, 2.05) is 0 Å². The maximum absolute atomic E-state index is 11.8. The fraction of sp³-hybridized carbons (Fsp3) is 0.636. The first-order chi connectivity index (χ1) is 9.69. The minimum Gasteiger partial charge on any atom is -0.450 e. The van der Waals surface area contributed by atoms with Crippen molar-refractivity contribution >= 4 is 40.2 Å². The highest BCUT2D eigenvalue weighted by Crippen LogP contribution is 2.31. The van der Waals surface area contributed by atoms with E-state index in [4.69, 9.17) is 4.74 Å². The molecule has 0 radical (unpaired) electrons. The fourth-order valence-corrected chi connectivity index (χ4v) is 3.75. The van der Waals surface area contributed by atoms with Gasteiger partial charge in [0.05, 0.1) is 11.9 Å². The third-order valence-electron chi connectivity index (χ3n) is 2.62. The van der Waals surface area contributed by atoms with Crippen molar-refractivity contribution in [2.45, 2.75) is 35.8 Å². The van der Waals surface area contributed by atoms with E-state index in [9.17, 15) is 9.59 Å². The van der Waals surface area contributed by atoms with Crippen molar-refractivity contribution in [3.8, 4) is 0 Å². The van der Waals surface area contributed by atoms with Gasteiger partial charge in [-0.15, -0.1) is 10.2 Å². The van der Waals surface area contributed by atoms with Crippen LogP contribution in [0.2, 0.25) is 0 Å². The minimum absolute atomic E-state index is 0.0441. The monoisotopic (exact) mass is 316 g/mol. The summed E-state index contributed by atoms with van der Waals surface area (Å²) in [6.07, 6.45) is 2.31. The number of anilines is 1. The zero-order valence-electron chi connectivity index (χ0n) is 11.0. The van der Waals surface area contributed by atoms with Gasteiger partial charge in [-0.1, -0.05) is 29.5 Å². The molecule has 1 aromatic rings. The van der Waals surface area contributed by atoms with Gasteiger partial charge in [0.1, 0.15) is 0 Å². The number of hydrogen-bond acceptors (Lipinski definition) is 7. The van der Waals surface area contributed by atoms with E-state index in [1.165, 1.54) is 23.1 Å². The predicted octanol–water partition coefficient (Wildman–Crippen LogP) is 1.87. The molecule has 2 amide bonds. The summed E-state index contributed by atoms with van der Waals surface area (Å²) in [6.45, 7) is 2.77. The van der Waals surface area contributed by atoms with E-state index in [0.29, 0.717) is 16.1 Å². The summed E-state index contributed by atoms with van der Waals surface area (Å²) in [6, 6.07) is 0. The quantitative estimate of drug-likeness (QED) is 0.824. The number of aromatic nitrogens is 2. The molecule has 9 heteroatoms. The third-order valence-corrected chi connectivity index (χ3v) is 4.81. The number of thioether (sulfide) groups is 1. The Morgan fingerprint density at radius 1 is 1.55 bits per heavy atom. The summed E-state index contributed by atoms with van der Waals surface area (Å²) >= 11 is 2.63. The number of rotatable bonds is 4. The summed E-state index contributed by atoms with van der Waals surface area (Å²) in [7, 11) is 0. The summed E-state index contributed by atoms with van der Waals surface area (Å²) in [5.41, 5.74) is 0. The maximum atomic E-state index is 11.8. The highest BCUT2D eigenvalue weighted by Gasteiger charge is 2.23. The minimum atomic E-state index is -0.549. The van der Waals surface area contributed by atoms with Gasteiger partial charge >= 0.3 is 6.09 Å². The lowest BCUT2D eigenvalue weighted by Crippen LogP contribution is -2.30. The molecule has 2 heterocycles. The average Bonchev–Trinajstić information content (AvgIpc) is 2.74. The zero-order chi connectivity index (χ0) is 14.4. The lowest BCUT2D eigenvalue weighted by molar-refractivity contribution is -0.120. The first-order valence-electron chi connectivity index (χ1n) is 6.40. The molecule has 2 N–H and O–H groups in total. The molecule has 1 saturated heterocycles. The standard InChI is InChI=1S/C11H16N4O3S2/c1-2-18-10(17)13-9-14-15-11(20-9)19-7-5-3-4-6-12-8(7)16/h7H,2-6H2,1H3,(H,12,16)(H,13,14,17)/t7-/m0/s1. The molecule has 0 bridgehead atoms. The van der Waals surface area contributed by atoms with Gasteiger partial charge in [-0.25, -0.2) is 4.79 Å². The predicted molar refractivity (Wildman–Crippen MR) is 77.1 cm³/mol. The molecule has 2 rings (SSSR count). The van der Waals surface area contributed by atoms with E-state index in [2.05, 4.69) is 20.8 Å². The van der Waals surface area contributed by atoms with Gasteiger partial charge in [0.15, 0.2) is 4.34 Å². The van der Waals surface area contributed by atoms with Gasteiger partial charge in [0.25, 0.3) is 0 Å². The number of ether oxygens (including phenoxy) is 1. The van der Waals surface area contributed by atoms with Crippen molar-refractivity contribution in [3.63, 3.8) is 0 Å². The molecule has 1 aliphatic rings. The van der Waals surface area contributed by atoms with E-state index >= 15 is 0 Å². The highest BCUT2D eigenvalue weighted by atomic mass is 32.2. The molecule has 0 aromatic carbocycles. The molecule has 0 unspecified atom stereocenters. The maximum Gasteiger partial charge on any atom is 0.413 e. The number of carbonyl (C=O) groups excluding carboxylic acids is 2. The topological polar surface area (TPSA) is 93.2 Å². The molecule has 1 aromatic heterocycles. The van der Waals surface area contributed by atoms with E-state index in [0.717, 1.165) is 25.8 Å². The van der Waals surface area contributed by atoms with Crippen LogP contribution in [-0.4, -0.2) is 40.6 Å². The van der Waals surface area contributed by atoms with Crippen LogP contribution < -0.4 is 10.6 Å². The second kappa shape index (κ2) is 7.44. The first kappa shape index (κ1) is 15.0. The van der Waals surface area contributed by atoms with E-state index < -0.39 is 6.09 Å². The van der Waals surface area contributed by atoms with Gasteiger partial charge in [0, 0.05) is 6.54 Å². The van der Waals surface area contributed by atoms with Gasteiger partial charge in [0.2, 0.25) is 11.0 Å². The number of amides is 2. The van der Waals surface area contributed by atoms with Gasteiger partial charge < -0.3 is 10.1 Å². The molecule has 1 atom stereocenters. The SMILES string of the molecule is CCOC(=O)Nc1nnc(S[C@H]2CCCCNC2=O)s1. The van der Waals surface area contributed by atoms with Crippen LogP contribution in [-0.2, 0) is 9.53 Å². The van der Waals surface area contributed by atoms with Crippen LogP contribution in [0.1, 0.15) is 26.2 Å². The van der Waals surface area contributed by atoms with Crippen LogP contribution in [0.4, 0.5) is 9.93 Å². The summed E-state index contributed by atoms with van der Waals surface area (Å²) < 4.78 is 5.42. The first-order valence-corrected chi connectivity index (χ1v) is 8.10. The largest absolute Gasteiger partial charge is 0.450 e. The van der Waals surface area contributed by atoms with Crippen molar-refractivity contribution in [2.75, 3.05) is 18.5 Å². The Morgan fingerprint density at radius 3 is 3.20 bits per heavy atom. The Balaban J connectivity index is 1.91. The smallest absolute Gasteiger partial charge is 0.413 e. The molecular formula is C11H16N4O3S2. The van der Waals surface area contributed by atoms with Crippen LogP contribution >= 0.6 is 23.1 Å². The second-order valence-electron chi connectivity index (χ2n) is 4.11. The lowest BCUT2D eigenvalue weighted by Gasteiger charge is -2.09. The summed E-state index contributed by atoms with van der Waals surface area (Å²) in [5.74, 6) is 0.0441. The van der Waals surface area contributed by atoms with Gasteiger partial charge in [-0.3, -0.25) is 10.1 Å². The second-order valence-corrected chi connectivity index (χ2v) is 6.54. The number of nitrogens with one attached hydrogen (secondary N) is 2. The molecule has 1 aliphatic heterocycles. The fourth-order valence-electron chi connectivity index (χ4n) is 1.71. The van der Waals surface area contributed by atoms with Crippen LogP contribution in [0.3, 0.4) is 0 Å². The number of carbonyl (C=O) groups is 2. The van der Waals surface area contributed by atoms with Crippen LogP contribution in [0.5, 0.6) is 0 Å². The van der Waals surface area contributed by atoms with E-state index in [1.54, 1.807) is 6.92 Å². The molecule has 0 saturated carbocycles. The average molecular weight is 316 g/mol. The Kier molecular flexibility index (Phi) is 5.60. The van der Waals surface area contributed by atoms with Crippen molar-refractivity contribution in [2.24, 2.45) is 0 Å². The van der Waals surface area contributed by atoms with Crippen LogP contribution in [0.15, 0.2) is 4.34 Å². The molecule has 0 spiro atoms. The van der Waals surface area contributed by atoms with Crippen molar-refractivity contribution < 1.29 is 14.3 Å². The Labute approximate surface area is 124 Å². The number of hydrogen-bond donors (Lipinski definition) is 2. The van der Waals surface area contributed by atoms with Crippen molar-refractivity contribution in [1.82, 2.24) is 15.5 Å². The van der Waals surface area contributed by atoms with Crippen molar-refractivity contribution in [1.29, 1.82) is 0 Å². The summed E-state index contributed by atoms with van der Waals surface area (Å²) in [5, 5.41) is 13.4. The normalized spacial score (nSPS) is 19.1. The molecular weight excluding hydrogens is 300 g/mol. The Morgan fingerprint density at radius 2 is 2.40 bits per heavy atom. The molecule has 20 heavy (non-hydrogen) atoms. The molecule has 110 valence electrons. The Bertz CT molecular complexity index is 480. The lowest BCUT2D eigenvalue weighted by atomic mass is 10.2. The van der Waals surface area contributed by atoms with Crippen LogP contribution in [0, 0.1) is 0 Å². The summed E-state index contributed by atoms with van der Waals surface area (Å²) in [4.78, 5) is 23.1. The third kappa shape index (κ3) is 4.34. The Hall–Kier alpha value is -1.35. The highest BCUT2D eigenvalue weighted by molar-refractivity contribution is 8.02. The van der Waals surface area contributed by atoms with Crippen molar-refractivity contribution in [3.05, 3.63) is 0 Å². The number of nitrogens with zero attached hydrogens (tertiary/aromatic N) is 2. The molecule has 0 aliphatic carbocycles. The molecule has 7 nitrogen and oxygen atoms in total. The van der Waals surface area contributed by atoms with E-state index in [-0.39, 0.29) is 11.2 Å². The van der Waals surface area contributed by atoms with Crippen LogP contribution in [0.25, 0.3) is 0 Å². The van der Waals surface area contributed by atoms with Gasteiger partial charge in [-0.05, 0) is 19.8 Å².